The maximum absolute atomic E-state index is 11.4. The maximum Gasteiger partial charge on any atom is 0.380 e. The smallest absolute Gasteiger partial charge is 0.380 e. The van der Waals surface area contributed by atoms with E-state index in [2.05, 4.69) is 13.5 Å². The molecule has 0 aliphatic heterocycles. The van der Waals surface area contributed by atoms with E-state index in [4.69, 9.17) is 14.1 Å². The number of hydrogen-bond donors (Lipinski definition) is 1. The van der Waals surface area contributed by atoms with Crippen LogP contribution in [0.2, 0.25) is 0 Å². The molecular formula is C21H29NO4S. The van der Waals surface area contributed by atoms with E-state index in [1.54, 1.807) is 0 Å². The van der Waals surface area contributed by atoms with Crippen molar-refractivity contribution in [3.8, 4) is 11.5 Å². The van der Waals surface area contributed by atoms with Gasteiger partial charge in [0.1, 0.15) is 0 Å². The van der Waals surface area contributed by atoms with Gasteiger partial charge in [0.05, 0.1) is 6.61 Å². The first-order valence-electron chi connectivity index (χ1n) is 9.93. The largest absolute Gasteiger partial charge is 0.490 e. The molecule has 0 amide bonds. The van der Waals surface area contributed by atoms with Gasteiger partial charge in [-0.1, -0.05) is 19.1 Å². The molecule has 2 N–H and O–H groups in total. The minimum atomic E-state index is -4.08. The van der Waals surface area contributed by atoms with Gasteiger partial charge < -0.3 is 8.92 Å². The van der Waals surface area contributed by atoms with E-state index in [9.17, 15) is 8.42 Å². The van der Waals surface area contributed by atoms with Crippen LogP contribution in [0, 0.1) is 17.3 Å². The first-order valence-corrected chi connectivity index (χ1v) is 11.4. The van der Waals surface area contributed by atoms with Crippen LogP contribution >= 0.6 is 0 Å². The van der Waals surface area contributed by atoms with Crippen molar-refractivity contribution in [3.05, 3.63) is 35.4 Å². The van der Waals surface area contributed by atoms with Gasteiger partial charge in [0.15, 0.2) is 11.5 Å². The highest BCUT2D eigenvalue weighted by molar-refractivity contribution is 7.84. The van der Waals surface area contributed by atoms with Crippen LogP contribution in [0.3, 0.4) is 0 Å². The third kappa shape index (κ3) is 3.17. The molecule has 1 aromatic rings. The van der Waals surface area contributed by atoms with Crippen LogP contribution in [-0.4, -0.2) is 15.0 Å². The maximum atomic E-state index is 11.4. The van der Waals surface area contributed by atoms with Crippen molar-refractivity contribution in [2.75, 3.05) is 6.61 Å². The lowest BCUT2D eigenvalue weighted by atomic mass is 9.55. The van der Waals surface area contributed by atoms with E-state index in [0.29, 0.717) is 30.1 Å². The molecule has 3 aliphatic carbocycles. The van der Waals surface area contributed by atoms with Gasteiger partial charge >= 0.3 is 10.3 Å². The standard InChI is InChI=1S/C21H29NO4S/c1-4-25-19-12-17-14(11-20(19)26-27(22,23)24)6-7-16-15(17)9-10-21(3)13(2)5-8-18(16)21/h11-12,15-16,18H,2,4-10H2,1,3H3,(H2,22,23,24)/t15?,16?,18?,21-/m1/s1. The van der Waals surface area contributed by atoms with Gasteiger partial charge in [-0.3, -0.25) is 0 Å². The summed E-state index contributed by atoms with van der Waals surface area (Å²) in [6.07, 6.45) is 6.79. The van der Waals surface area contributed by atoms with Gasteiger partial charge in [-0.2, -0.15) is 13.6 Å². The van der Waals surface area contributed by atoms with Crippen LogP contribution in [0.15, 0.2) is 24.3 Å². The fourth-order valence-electron chi connectivity index (χ4n) is 5.94. The van der Waals surface area contributed by atoms with E-state index < -0.39 is 10.3 Å². The van der Waals surface area contributed by atoms with Crippen molar-refractivity contribution in [2.45, 2.75) is 58.3 Å². The summed E-state index contributed by atoms with van der Waals surface area (Å²) in [5.41, 5.74) is 4.19. The quantitative estimate of drug-likeness (QED) is 0.785. The van der Waals surface area contributed by atoms with E-state index in [1.165, 1.54) is 29.5 Å². The third-order valence-corrected chi connectivity index (χ3v) is 7.66. The number of benzene rings is 1. The van der Waals surface area contributed by atoms with E-state index in [-0.39, 0.29) is 11.2 Å². The zero-order chi connectivity index (χ0) is 19.4. The van der Waals surface area contributed by atoms with Gasteiger partial charge in [0.2, 0.25) is 0 Å². The zero-order valence-electron chi connectivity index (χ0n) is 16.2. The molecule has 0 radical (unpaired) electrons. The molecule has 3 unspecified atom stereocenters. The third-order valence-electron chi connectivity index (χ3n) is 7.25. The molecule has 0 heterocycles. The molecule has 27 heavy (non-hydrogen) atoms. The number of aryl methyl sites for hydroxylation is 1. The van der Waals surface area contributed by atoms with E-state index >= 15 is 0 Å². The molecule has 4 rings (SSSR count). The van der Waals surface area contributed by atoms with Gasteiger partial charge in [-0.05, 0) is 91.9 Å². The average molecular weight is 392 g/mol. The first kappa shape index (κ1) is 18.8. The van der Waals surface area contributed by atoms with Crippen molar-refractivity contribution >= 4 is 10.3 Å². The van der Waals surface area contributed by atoms with Gasteiger partial charge in [-0.15, -0.1) is 0 Å². The molecular weight excluding hydrogens is 362 g/mol. The van der Waals surface area contributed by atoms with Gasteiger partial charge in [0.25, 0.3) is 0 Å². The number of ether oxygens (including phenoxy) is 1. The molecule has 148 valence electrons. The fourth-order valence-corrected chi connectivity index (χ4v) is 6.32. The summed E-state index contributed by atoms with van der Waals surface area (Å²) in [5.74, 6) is 2.53. The molecule has 6 heteroatoms. The van der Waals surface area contributed by atoms with Gasteiger partial charge in [0, 0.05) is 0 Å². The Morgan fingerprint density at radius 2 is 2.00 bits per heavy atom. The predicted octanol–water partition coefficient (Wildman–Crippen LogP) is 4.08. The molecule has 0 aromatic heterocycles. The monoisotopic (exact) mass is 391 g/mol. The Kier molecular flexibility index (Phi) is 4.54. The first-order chi connectivity index (χ1) is 12.7. The van der Waals surface area contributed by atoms with E-state index in [1.807, 2.05) is 19.1 Å². The van der Waals surface area contributed by atoms with Crippen LogP contribution in [0.25, 0.3) is 0 Å². The predicted molar refractivity (Wildman–Crippen MR) is 105 cm³/mol. The molecule has 0 saturated heterocycles. The van der Waals surface area contributed by atoms with Crippen LogP contribution in [-0.2, 0) is 16.7 Å². The van der Waals surface area contributed by atoms with Crippen molar-refractivity contribution < 1.29 is 17.3 Å². The summed E-state index contributed by atoms with van der Waals surface area (Å²) in [5, 5.41) is 5.09. The van der Waals surface area contributed by atoms with E-state index in [0.717, 1.165) is 25.7 Å². The summed E-state index contributed by atoms with van der Waals surface area (Å²) >= 11 is 0. The average Bonchev–Trinajstić information content (AvgIpc) is 2.89. The number of allylic oxidation sites excluding steroid dienone is 1. The van der Waals surface area contributed by atoms with Crippen LogP contribution in [0.4, 0.5) is 0 Å². The lowest BCUT2D eigenvalue weighted by Gasteiger charge is -2.49. The van der Waals surface area contributed by atoms with Crippen LogP contribution < -0.4 is 14.1 Å². The topological polar surface area (TPSA) is 78.6 Å². The second kappa shape index (κ2) is 6.52. The molecule has 4 atom stereocenters. The molecule has 5 nitrogen and oxygen atoms in total. The molecule has 2 fully saturated rings. The highest BCUT2D eigenvalue weighted by atomic mass is 32.2. The Labute approximate surface area is 162 Å². The normalized spacial score (nSPS) is 32.4. The van der Waals surface area contributed by atoms with Crippen LogP contribution in [0.5, 0.6) is 11.5 Å². The summed E-state index contributed by atoms with van der Waals surface area (Å²) in [6, 6.07) is 3.82. The number of fused-ring (bicyclic) bond motifs is 5. The second-order valence-electron chi connectivity index (χ2n) is 8.52. The highest BCUT2D eigenvalue weighted by Crippen LogP contribution is 2.62. The Morgan fingerprint density at radius 1 is 1.22 bits per heavy atom. The minimum Gasteiger partial charge on any atom is -0.490 e. The molecule has 0 bridgehead atoms. The Balaban J connectivity index is 1.72. The lowest BCUT2D eigenvalue weighted by molar-refractivity contribution is 0.0815. The van der Waals surface area contributed by atoms with Crippen molar-refractivity contribution in [2.24, 2.45) is 22.4 Å². The highest BCUT2D eigenvalue weighted by Gasteiger charge is 2.52. The van der Waals surface area contributed by atoms with Crippen LogP contribution in [0.1, 0.15) is 63.0 Å². The summed E-state index contributed by atoms with van der Waals surface area (Å²) in [6.45, 7) is 9.09. The number of rotatable bonds is 4. The van der Waals surface area contributed by atoms with Gasteiger partial charge in [-0.25, -0.2) is 0 Å². The van der Waals surface area contributed by atoms with Crippen molar-refractivity contribution in [1.29, 1.82) is 0 Å². The molecule has 2 saturated carbocycles. The SMILES string of the molecule is C=C1CCC2C3CCc4cc(OS(N)(=O)=O)c(OCC)cc4C3CC[C@]12C. The zero-order valence-corrected chi connectivity index (χ0v) is 17.0. The number of nitrogens with two attached hydrogens (primary N) is 1. The number of hydrogen-bond acceptors (Lipinski definition) is 4. The molecule has 3 aliphatic rings. The Morgan fingerprint density at radius 3 is 2.70 bits per heavy atom. The summed E-state index contributed by atoms with van der Waals surface area (Å²) in [7, 11) is -4.08. The molecule has 0 spiro atoms. The summed E-state index contributed by atoms with van der Waals surface area (Å²) < 4.78 is 33.6. The Hall–Kier alpha value is -1.53. The lowest BCUT2D eigenvalue weighted by Crippen LogP contribution is -2.40. The van der Waals surface area contributed by atoms with Crippen molar-refractivity contribution in [1.82, 2.24) is 0 Å². The Bertz CT molecular complexity index is 878. The van der Waals surface area contributed by atoms with Crippen molar-refractivity contribution in [3.63, 3.8) is 0 Å². The summed E-state index contributed by atoms with van der Waals surface area (Å²) in [4.78, 5) is 0. The minimum absolute atomic E-state index is 0.200. The molecule has 1 aromatic carbocycles. The second-order valence-corrected chi connectivity index (χ2v) is 9.67. The fraction of sp³-hybridized carbons (Fsp3) is 0.619.